The van der Waals surface area contributed by atoms with Crippen molar-refractivity contribution in [2.24, 2.45) is 17.6 Å². The van der Waals surface area contributed by atoms with Crippen molar-refractivity contribution in [3.05, 3.63) is 59.2 Å². The quantitative estimate of drug-likeness (QED) is 0.938. The summed E-state index contributed by atoms with van der Waals surface area (Å²) in [5, 5.41) is 0. The Labute approximate surface area is 147 Å². The summed E-state index contributed by atoms with van der Waals surface area (Å²) < 4.78 is 0. The van der Waals surface area contributed by atoms with Gasteiger partial charge in [0.1, 0.15) is 6.04 Å². The van der Waals surface area contributed by atoms with Crippen LogP contribution in [0.3, 0.4) is 0 Å². The Kier molecular flexibility index (Phi) is 3.64. The van der Waals surface area contributed by atoms with Crippen LogP contribution in [0.4, 0.5) is 0 Å². The maximum Gasteiger partial charge on any atom is 0.255 e. The van der Waals surface area contributed by atoms with Crippen LogP contribution in [0.1, 0.15) is 27.9 Å². The number of nitrogens with zero attached hydrogens (tertiary/aromatic N) is 1. The van der Waals surface area contributed by atoms with Crippen LogP contribution < -0.4 is 5.73 Å². The van der Waals surface area contributed by atoms with E-state index in [0.717, 1.165) is 28.7 Å². The van der Waals surface area contributed by atoms with E-state index in [1.165, 1.54) is 0 Å². The lowest BCUT2D eigenvalue weighted by Gasteiger charge is -2.26. The lowest BCUT2D eigenvalue weighted by molar-refractivity contribution is -0.122. The van der Waals surface area contributed by atoms with Gasteiger partial charge < -0.3 is 10.6 Å². The molecular weight excluding hydrogens is 312 g/mol. The van der Waals surface area contributed by atoms with E-state index in [1.54, 1.807) is 4.90 Å². The van der Waals surface area contributed by atoms with Crippen molar-refractivity contribution in [2.75, 3.05) is 6.54 Å². The molecule has 0 spiro atoms. The number of benzene rings is 2. The topological polar surface area (TPSA) is 63.4 Å². The molecule has 1 heterocycles. The van der Waals surface area contributed by atoms with Gasteiger partial charge in [-0.15, -0.1) is 0 Å². The maximum atomic E-state index is 13.3. The Hall–Kier alpha value is -2.62. The van der Waals surface area contributed by atoms with Crippen molar-refractivity contribution < 1.29 is 9.59 Å². The molecule has 2 N–H and O–H groups in total. The Morgan fingerprint density at radius 2 is 1.84 bits per heavy atom. The number of aryl methyl sites for hydroxylation is 2. The fourth-order valence-corrected chi connectivity index (χ4v) is 4.09. The zero-order valence-corrected chi connectivity index (χ0v) is 14.5. The summed E-state index contributed by atoms with van der Waals surface area (Å²) in [5.74, 6) is 0.224. The van der Waals surface area contributed by atoms with Gasteiger partial charge in [0, 0.05) is 12.1 Å². The van der Waals surface area contributed by atoms with E-state index in [2.05, 4.69) is 6.07 Å². The lowest BCUT2D eigenvalue weighted by Crippen LogP contribution is -2.46. The first kappa shape index (κ1) is 15.9. The van der Waals surface area contributed by atoms with Gasteiger partial charge in [-0.1, -0.05) is 47.5 Å². The van der Waals surface area contributed by atoms with Crippen molar-refractivity contribution in [1.29, 1.82) is 0 Å². The van der Waals surface area contributed by atoms with Crippen LogP contribution in [-0.2, 0) is 4.79 Å². The molecule has 4 rings (SSSR count). The maximum absolute atomic E-state index is 13.3. The van der Waals surface area contributed by atoms with E-state index in [9.17, 15) is 9.59 Å². The highest BCUT2D eigenvalue weighted by molar-refractivity contribution is 6.03. The molecule has 0 unspecified atom stereocenters. The third kappa shape index (κ3) is 2.72. The Bertz CT molecular complexity index is 874. The predicted octanol–water partition coefficient (Wildman–Crippen LogP) is 2.92. The standard InChI is InChI=1S/C21H22N2O2/c1-12-4-3-5-14(8-12)16-7-6-13(2)9-18(16)21(25)23-11-15-10-17(15)19(23)20(22)24/h3-9,15,17,19H,10-11H2,1-2H3,(H2,22,24)/t15-,17-,19+/m1/s1. The number of carbonyl (C=O) groups is 2. The van der Waals surface area contributed by atoms with Crippen LogP contribution in [0.25, 0.3) is 11.1 Å². The number of fused-ring (bicyclic) bond motifs is 1. The molecule has 1 aliphatic carbocycles. The highest BCUT2D eigenvalue weighted by Crippen LogP contribution is 2.50. The summed E-state index contributed by atoms with van der Waals surface area (Å²) in [6.45, 7) is 4.65. The molecule has 0 aromatic heterocycles. The van der Waals surface area contributed by atoms with Gasteiger partial charge in [0.25, 0.3) is 5.91 Å². The predicted molar refractivity (Wildman–Crippen MR) is 97.0 cm³/mol. The molecule has 2 aromatic rings. The van der Waals surface area contributed by atoms with Crippen molar-refractivity contribution in [3.8, 4) is 11.1 Å². The van der Waals surface area contributed by atoms with E-state index < -0.39 is 6.04 Å². The van der Waals surface area contributed by atoms with Gasteiger partial charge in [-0.25, -0.2) is 0 Å². The van der Waals surface area contributed by atoms with E-state index in [-0.39, 0.29) is 17.7 Å². The zero-order valence-electron chi connectivity index (χ0n) is 14.5. The number of piperidine rings is 1. The first-order valence-corrected chi connectivity index (χ1v) is 8.73. The number of likely N-dealkylation sites (tertiary alicyclic amines) is 1. The number of amides is 2. The zero-order chi connectivity index (χ0) is 17.7. The SMILES string of the molecule is Cc1cccc(-c2ccc(C)cc2C(=O)N2C[C@H]3C[C@H]3[C@H]2C(N)=O)c1. The second-order valence-corrected chi connectivity index (χ2v) is 7.38. The Morgan fingerprint density at radius 3 is 2.56 bits per heavy atom. The van der Waals surface area contributed by atoms with Gasteiger partial charge in [0.05, 0.1) is 0 Å². The van der Waals surface area contributed by atoms with Crippen LogP contribution in [0.2, 0.25) is 0 Å². The molecular formula is C21H22N2O2. The highest BCUT2D eigenvalue weighted by atomic mass is 16.2. The summed E-state index contributed by atoms with van der Waals surface area (Å²) in [5.41, 5.74) is 10.3. The Morgan fingerprint density at radius 1 is 1.08 bits per heavy atom. The molecule has 0 radical (unpaired) electrons. The van der Waals surface area contributed by atoms with Crippen molar-refractivity contribution >= 4 is 11.8 Å². The van der Waals surface area contributed by atoms with Gasteiger partial charge in [-0.2, -0.15) is 0 Å². The molecule has 128 valence electrons. The van der Waals surface area contributed by atoms with Gasteiger partial charge >= 0.3 is 0 Å². The monoisotopic (exact) mass is 334 g/mol. The first-order valence-electron chi connectivity index (χ1n) is 8.73. The molecule has 1 saturated carbocycles. The molecule has 2 aliphatic rings. The molecule has 4 heteroatoms. The molecule has 1 aliphatic heterocycles. The number of hydrogen-bond donors (Lipinski definition) is 1. The summed E-state index contributed by atoms with van der Waals surface area (Å²) in [6, 6.07) is 13.6. The molecule has 1 saturated heterocycles. The second kappa shape index (κ2) is 5.73. The smallest absolute Gasteiger partial charge is 0.255 e. The third-order valence-corrected chi connectivity index (χ3v) is 5.44. The van der Waals surface area contributed by atoms with E-state index in [1.807, 2.05) is 50.2 Å². The van der Waals surface area contributed by atoms with Crippen LogP contribution in [0.15, 0.2) is 42.5 Å². The van der Waals surface area contributed by atoms with Gasteiger partial charge in [-0.05, 0) is 49.3 Å². The summed E-state index contributed by atoms with van der Waals surface area (Å²) in [6.07, 6.45) is 1.01. The Balaban J connectivity index is 1.76. The highest BCUT2D eigenvalue weighted by Gasteiger charge is 2.56. The average Bonchev–Trinajstić information content (AvgIpc) is 3.23. The summed E-state index contributed by atoms with van der Waals surface area (Å²) >= 11 is 0. The first-order chi connectivity index (χ1) is 12.0. The minimum absolute atomic E-state index is 0.0868. The molecule has 2 fully saturated rings. The molecule has 4 nitrogen and oxygen atoms in total. The molecule has 3 atom stereocenters. The molecule has 0 bridgehead atoms. The van der Waals surface area contributed by atoms with Crippen LogP contribution >= 0.6 is 0 Å². The number of rotatable bonds is 3. The number of carbonyl (C=O) groups excluding carboxylic acids is 2. The minimum atomic E-state index is -0.455. The normalized spacial score (nSPS) is 24.1. The number of hydrogen-bond acceptors (Lipinski definition) is 2. The number of primary amides is 1. The van der Waals surface area contributed by atoms with E-state index in [4.69, 9.17) is 5.73 Å². The largest absolute Gasteiger partial charge is 0.368 e. The second-order valence-electron chi connectivity index (χ2n) is 7.38. The fourth-order valence-electron chi connectivity index (χ4n) is 4.09. The van der Waals surface area contributed by atoms with E-state index in [0.29, 0.717) is 18.0 Å². The van der Waals surface area contributed by atoms with Crippen molar-refractivity contribution in [1.82, 2.24) is 4.90 Å². The van der Waals surface area contributed by atoms with Gasteiger partial charge in [-0.3, -0.25) is 9.59 Å². The van der Waals surface area contributed by atoms with Crippen LogP contribution in [0, 0.1) is 25.7 Å². The van der Waals surface area contributed by atoms with Gasteiger partial charge in [0.15, 0.2) is 0 Å². The molecule has 2 aromatic carbocycles. The lowest BCUT2D eigenvalue weighted by atomic mass is 9.95. The molecule has 2 amide bonds. The summed E-state index contributed by atoms with van der Waals surface area (Å²) in [7, 11) is 0. The molecule has 25 heavy (non-hydrogen) atoms. The fraction of sp³-hybridized carbons (Fsp3) is 0.333. The third-order valence-electron chi connectivity index (χ3n) is 5.44. The van der Waals surface area contributed by atoms with Gasteiger partial charge in [0.2, 0.25) is 5.91 Å². The van der Waals surface area contributed by atoms with Crippen molar-refractivity contribution in [3.63, 3.8) is 0 Å². The van der Waals surface area contributed by atoms with Crippen LogP contribution in [-0.4, -0.2) is 29.3 Å². The van der Waals surface area contributed by atoms with Crippen LogP contribution in [0.5, 0.6) is 0 Å². The van der Waals surface area contributed by atoms with E-state index >= 15 is 0 Å². The minimum Gasteiger partial charge on any atom is -0.368 e. The average molecular weight is 334 g/mol. The van der Waals surface area contributed by atoms with Crippen molar-refractivity contribution in [2.45, 2.75) is 26.3 Å². The number of nitrogens with two attached hydrogens (primary N) is 1. The summed E-state index contributed by atoms with van der Waals surface area (Å²) in [4.78, 5) is 26.8.